The third kappa shape index (κ3) is 7.45. The highest BCUT2D eigenvalue weighted by Crippen LogP contribution is 2.18. The van der Waals surface area contributed by atoms with E-state index in [1.165, 1.54) is 18.4 Å². The number of rotatable bonds is 7. The first-order chi connectivity index (χ1) is 11.8. The number of aromatic nitrogens is 1. The van der Waals surface area contributed by atoms with Crippen LogP contribution in [0.2, 0.25) is 0 Å². The molecule has 2 aliphatic rings. The van der Waals surface area contributed by atoms with E-state index in [1.54, 1.807) is 0 Å². The van der Waals surface area contributed by atoms with Gasteiger partial charge in [0.25, 0.3) is 0 Å². The van der Waals surface area contributed by atoms with Crippen LogP contribution in [0.3, 0.4) is 0 Å². The van der Waals surface area contributed by atoms with Crippen LogP contribution in [0.1, 0.15) is 30.5 Å². The van der Waals surface area contributed by atoms with E-state index in [1.807, 2.05) is 12.3 Å². The van der Waals surface area contributed by atoms with Crippen LogP contribution >= 0.6 is 24.0 Å². The molecule has 25 heavy (non-hydrogen) atoms. The smallest absolute Gasteiger partial charge is 0.191 e. The fourth-order valence-electron chi connectivity index (χ4n) is 2.75. The van der Waals surface area contributed by atoms with Crippen molar-refractivity contribution in [1.82, 2.24) is 20.5 Å². The SMILES string of the molecule is Cc1cccnc1CN=C(NCCCN1CCOCC1)NC1CC1.I. The molecule has 1 aliphatic carbocycles. The number of guanidine groups is 1. The first kappa shape index (κ1) is 20.4. The molecular formula is C18H30IN5O. The third-order valence-corrected chi connectivity index (χ3v) is 4.47. The van der Waals surface area contributed by atoms with Crippen molar-refractivity contribution in [3.8, 4) is 0 Å². The highest BCUT2D eigenvalue weighted by atomic mass is 127. The molecular weight excluding hydrogens is 429 g/mol. The van der Waals surface area contributed by atoms with Gasteiger partial charge in [0.15, 0.2) is 5.96 Å². The van der Waals surface area contributed by atoms with Crippen molar-refractivity contribution >= 4 is 29.9 Å². The number of pyridine rings is 1. The van der Waals surface area contributed by atoms with E-state index in [2.05, 4.69) is 33.5 Å². The standard InChI is InChI=1S/C18H29N5O.HI/c1-15-4-2-7-19-17(15)14-21-18(22-16-5-6-16)20-8-3-9-23-10-12-24-13-11-23;/h2,4,7,16H,3,5-6,8-14H2,1H3,(H2,20,21,22);1H. The van der Waals surface area contributed by atoms with Gasteiger partial charge in [-0.15, -0.1) is 24.0 Å². The average molecular weight is 459 g/mol. The van der Waals surface area contributed by atoms with Crippen LogP contribution < -0.4 is 10.6 Å². The third-order valence-electron chi connectivity index (χ3n) is 4.47. The summed E-state index contributed by atoms with van der Waals surface area (Å²) in [5, 5.41) is 6.97. The Morgan fingerprint density at radius 2 is 2.16 bits per heavy atom. The van der Waals surface area contributed by atoms with E-state index in [9.17, 15) is 0 Å². The van der Waals surface area contributed by atoms with Crippen LogP contribution in [-0.4, -0.2) is 61.3 Å². The molecule has 140 valence electrons. The summed E-state index contributed by atoms with van der Waals surface area (Å²) in [7, 11) is 0. The molecule has 1 aromatic rings. The van der Waals surface area contributed by atoms with Gasteiger partial charge in [-0.1, -0.05) is 6.07 Å². The summed E-state index contributed by atoms with van der Waals surface area (Å²) in [6.07, 6.45) is 5.45. The van der Waals surface area contributed by atoms with Crippen molar-refractivity contribution in [2.45, 2.75) is 38.8 Å². The largest absolute Gasteiger partial charge is 0.379 e. The molecule has 0 amide bonds. The van der Waals surface area contributed by atoms with Gasteiger partial charge >= 0.3 is 0 Å². The molecule has 2 fully saturated rings. The Labute approximate surface area is 167 Å². The van der Waals surface area contributed by atoms with Crippen LogP contribution in [0.25, 0.3) is 0 Å². The highest BCUT2D eigenvalue weighted by molar-refractivity contribution is 14.0. The molecule has 0 aromatic carbocycles. The van der Waals surface area contributed by atoms with Crippen LogP contribution in [0.15, 0.2) is 23.3 Å². The number of nitrogens with one attached hydrogen (secondary N) is 2. The average Bonchev–Trinajstić information content (AvgIpc) is 3.42. The fraction of sp³-hybridized carbons (Fsp3) is 0.667. The molecule has 0 unspecified atom stereocenters. The first-order valence-electron chi connectivity index (χ1n) is 9.07. The molecule has 7 heteroatoms. The number of aryl methyl sites for hydroxylation is 1. The van der Waals surface area contributed by atoms with E-state index >= 15 is 0 Å². The Hall–Kier alpha value is -0.930. The van der Waals surface area contributed by atoms with Crippen LogP contribution in [-0.2, 0) is 11.3 Å². The first-order valence-corrected chi connectivity index (χ1v) is 9.07. The summed E-state index contributed by atoms with van der Waals surface area (Å²) < 4.78 is 5.39. The van der Waals surface area contributed by atoms with E-state index in [-0.39, 0.29) is 24.0 Å². The Balaban J connectivity index is 0.00000225. The summed E-state index contributed by atoms with van der Waals surface area (Å²) >= 11 is 0. The summed E-state index contributed by atoms with van der Waals surface area (Å²) in [6.45, 7) is 8.61. The molecule has 0 atom stereocenters. The second kappa shape index (κ2) is 10.9. The number of ether oxygens (including phenoxy) is 1. The monoisotopic (exact) mass is 459 g/mol. The van der Waals surface area contributed by atoms with Crippen LogP contribution in [0, 0.1) is 6.92 Å². The van der Waals surface area contributed by atoms with Gasteiger partial charge in [0.05, 0.1) is 25.5 Å². The van der Waals surface area contributed by atoms with Gasteiger partial charge in [0.1, 0.15) is 0 Å². The number of nitrogens with zero attached hydrogens (tertiary/aromatic N) is 3. The topological polar surface area (TPSA) is 61.8 Å². The van der Waals surface area contributed by atoms with Gasteiger partial charge in [-0.2, -0.15) is 0 Å². The number of aliphatic imine (C=N–C) groups is 1. The number of morpholine rings is 1. The highest BCUT2D eigenvalue weighted by Gasteiger charge is 2.22. The van der Waals surface area contributed by atoms with Crippen molar-refractivity contribution in [1.29, 1.82) is 0 Å². The lowest BCUT2D eigenvalue weighted by Gasteiger charge is -2.26. The van der Waals surface area contributed by atoms with Gasteiger partial charge in [-0.25, -0.2) is 4.99 Å². The lowest BCUT2D eigenvalue weighted by atomic mass is 10.2. The maximum absolute atomic E-state index is 5.39. The zero-order valence-corrected chi connectivity index (χ0v) is 17.4. The maximum atomic E-state index is 5.39. The lowest BCUT2D eigenvalue weighted by molar-refractivity contribution is 0.0376. The zero-order chi connectivity index (χ0) is 16.6. The summed E-state index contributed by atoms with van der Waals surface area (Å²) in [5.41, 5.74) is 2.24. The van der Waals surface area contributed by atoms with Crippen molar-refractivity contribution in [3.63, 3.8) is 0 Å². The summed E-state index contributed by atoms with van der Waals surface area (Å²) in [4.78, 5) is 11.6. The molecule has 2 N–H and O–H groups in total. The van der Waals surface area contributed by atoms with Gasteiger partial charge in [-0.05, 0) is 44.4 Å². The lowest BCUT2D eigenvalue weighted by Crippen LogP contribution is -2.41. The van der Waals surface area contributed by atoms with Crippen molar-refractivity contribution in [3.05, 3.63) is 29.6 Å². The van der Waals surface area contributed by atoms with E-state index in [4.69, 9.17) is 9.73 Å². The zero-order valence-electron chi connectivity index (χ0n) is 15.0. The van der Waals surface area contributed by atoms with Gasteiger partial charge in [-0.3, -0.25) is 9.88 Å². The van der Waals surface area contributed by atoms with E-state index in [0.717, 1.165) is 57.5 Å². The molecule has 0 spiro atoms. The molecule has 3 rings (SSSR count). The normalized spacial score (nSPS) is 18.5. The van der Waals surface area contributed by atoms with E-state index in [0.29, 0.717) is 12.6 Å². The van der Waals surface area contributed by atoms with Gasteiger partial charge in [0.2, 0.25) is 0 Å². The predicted octanol–water partition coefficient (Wildman–Crippen LogP) is 1.93. The minimum Gasteiger partial charge on any atom is -0.379 e. The van der Waals surface area contributed by atoms with Crippen molar-refractivity contribution < 1.29 is 4.74 Å². The van der Waals surface area contributed by atoms with Crippen LogP contribution in [0.4, 0.5) is 0 Å². The molecule has 1 aromatic heterocycles. The second-order valence-electron chi connectivity index (χ2n) is 6.58. The Morgan fingerprint density at radius 3 is 2.88 bits per heavy atom. The minimum absolute atomic E-state index is 0. The van der Waals surface area contributed by atoms with E-state index < -0.39 is 0 Å². The summed E-state index contributed by atoms with van der Waals surface area (Å²) in [6, 6.07) is 4.65. The molecule has 1 saturated heterocycles. The van der Waals surface area contributed by atoms with Crippen molar-refractivity contribution in [2.75, 3.05) is 39.4 Å². The Morgan fingerprint density at radius 1 is 1.36 bits per heavy atom. The number of hydrogen-bond acceptors (Lipinski definition) is 4. The summed E-state index contributed by atoms with van der Waals surface area (Å²) in [5.74, 6) is 0.921. The van der Waals surface area contributed by atoms with Gasteiger partial charge < -0.3 is 15.4 Å². The number of hydrogen-bond donors (Lipinski definition) is 2. The quantitative estimate of drug-likeness (QED) is 0.283. The van der Waals surface area contributed by atoms with Crippen molar-refractivity contribution in [2.24, 2.45) is 4.99 Å². The molecule has 1 saturated carbocycles. The Bertz CT molecular complexity index is 544. The molecule has 0 bridgehead atoms. The molecule has 2 heterocycles. The predicted molar refractivity (Wildman–Crippen MR) is 112 cm³/mol. The number of halogens is 1. The Kier molecular flexibility index (Phi) is 8.91. The van der Waals surface area contributed by atoms with Gasteiger partial charge in [0, 0.05) is 31.9 Å². The maximum Gasteiger partial charge on any atom is 0.191 e. The minimum atomic E-state index is 0. The molecule has 0 radical (unpaired) electrons. The second-order valence-corrected chi connectivity index (χ2v) is 6.58. The molecule has 6 nitrogen and oxygen atoms in total. The fourth-order valence-corrected chi connectivity index (χ4v) is 2.75. The molecule has 1 aliphatic heterocycles. The van der Waals surface area contributed by atoms with Crippen LogP contribution in [0.5, 0.6) is 0 Å².